The number of aliphatic hydroxyl groups excluding tert-OH is 2. The van der Waals surface area contributed by atoms with Crippen molar-refractivity contribution in [3.63, 3.8) is 0 Å². The molecule has 6 atom stereocenters. The number of likely N-dealkylation sites (N-methyl/N-ethyl adjacent to an activating group) is 1. The van der Waals surface area contributed by atoms with Gasteiger partial charge in [-0.05, 0) is 58.0 Å². The Morgan fingerprint density at radius 3 is 2.81 bits per heavy atom. The van der Waals surface area contributed by atoms with E-state index in [1.54, 1.807) is 0 Å². The first-order valence-corrected chi connectivity index (χ1v) is 10.3. The molecule has 2 rings (SSSR count). The molecule has 0 amide bonds. The molecule has 0 aromatic rings. The summed E-state index contributed by atoms with van der Waals surface area (Å²) in [4.78, 5) is 2.12. The molecule has 4 heteroatoms. The maximum absolute atomic E-state index is 10.5. The van der Waals surface area contributed by atoms with Crippen molar-refractivity contribution in [1.82, 2.24) is 4.90 Å². The van der Waals surface area contributed by atoms with Gasteiger partial charge in [-0.3, -0.25) is 0 Å². The summed E-state index contributed by atoms with van der Waals surface area (Å²) in [5.74, 6) is 7.21. The summed E-state index contributed by atoms with van der Waals surface area (Å²) in [6.07, 6.45) is 9.08. The molecular formula is C23H37NO3. The topological polar surface area (TPSA) is 52.9 Å². The number of hydrogen-bond acceptors (Lipinski definition) is 4. The Balaban J connectivity index is 1.85. The van der Waals surface area contributed by atoms with Gasteiger partial charge >= 0.3 is 0 Å². The second kappa shape index (κ2) is 11.0. The summed E-state index contributed by atoms with van der Waals surface area (Å²) < 4.78 is 5.69. The lowest BCUT2D eigenvalue weighted by Gasteiger charge is -2.19. The summed E-state index contributed by atoms with van der Waals surface area (Å²) in [7, 11) is 4.10. The van der Waals surface area contributed by atoms with Crippen LogP contribution in [0.4, 0.5) is 0 Å². The molecule has 2 fully saturated rings. The molecule has 2 N–H and O–H groups in total. The first kappa shape index (κ1) is 22.2. The van der Waals surface area contributed by atoms with Crippen LogP contribution in [0, 0.1) is 35.5 Å². The summed E-state index contributed by atoms with van der Waals surface area (Å²) in [5, 5.41) is 20.8. The number of nitrogens with zero attached hydrogens (tertiary/aromatic N) is 1. The molecule has 0 radical (unpaired) electrons. The van der Waals surface area contributed by atoms with E-state index in [2.05, 4.69) is 28.9 Å². The fraction of sp³-hybridized carbons (Fsp3) is 0.739. The van der Waals surface area contributed by atoms with E-state index in [0.717, 1.165) is 32.4 Å². The van der Waals surface area contributed by atoms with Gasteiger partial charge in [-0.25, -0.2) is 0 Å². The van der Waals surface area contributed by atoms with Gasteiger partial charge in [-0.15, -0.1) is 11.8 Å². The minimum atomic E-state index is -0.501. The SMILES string of the molecule is CC#CC[C@@H](C)[C@H](O)C=C[C@@H]1[C@H]2CC(=CCOCCN(C)C)C[C@H]2C[C@H]1O. The molecule has 0 aromatic carbocycles. The fourth-order valence-corrected chi connectivity index (χ4v) is 4.26. The predicted molar refractivity (Wildman–Crippen MR) is 110 cm³/mol. The zero-order valence-electron chi connectivity index (χ0n) is 17.4. The Morgan fingerprint density at radius 1 is 1.33 bits per heavy atom. The standard InChI is InChI=1S/C23H37NO3/c1-5-6-7-17(2)22(25)9-8-20-21-15-18(14-19(21)16-23(20)26)10-12-27-13-11-24(3)4/h8-10,17,19-23,25-26H,7,11-16H2,1-4H3/t17-,19+,20-,21+,22-,23-/m1/s1. The van der Waals surface area contributed by atoms with Gasteiger partial charge in [-0.1, -0.05) is 30.7 Å². The largest absolute Gasteiger partial charge is 0.392 e. The third-order valence-electron chi connectivity index (χ3n) is 6.00. The van der Waals surface area contributed by atoms with Crippen LogP contribution in [0.3, 0.4) is 0 Å². The number of aliphatic hydroxyl groups is 2. The molecule has 0 unspecified atom stereocenters. The molecule has 0 heterocycles. The highest BCUT2D eigenvalue weighted by Crippen LogP contribution is 2.50. The molecule has 0 aromatic heterocycles. The summed E-state index contributed by atoms with van der Waals surface area (Å²) in [6.45, 7) is 6.22. The third-order valence-corrected chi connectivity index (χ3v) is 6.00. The van der Waals surface area contributed by atoms with E-state index < -0.39 is 6.10 Å². The van der Waals surface area contributed by atoms with Gasteiger partial charge in [-0.2, -0.15) is 0 Å². The van der Waals surface area contributed by atoms with Crippen LogP contribution in [-0.4, -0.2) is 61.2 Å². The molecule has 2 aliphatic rings. The van der Waals surface area contributed by atoms with Crippen LogP contribution in [0.25, 0.3) is 0 Å². The molecule has 4 nitrogen and oxygen atoms in total. The van der Waals surface area contributed by atoms with Crippen molar-refractivity contribution in [2.45, 2.75) is 51.7 Å². The lowest BCUT2D eigenvalue weighted by molar-refractivity contribution is 0.136. The van der Waals surface area contributed by atoms with Crippen LogP contribution >= 0.6 is 0 Å². The lowest BCUT2D eigenvalue weighted by atomic mass is 9.89. The van der Waals surface area contributed by atoms with Crippen molar-refractivity contribution in [2.75, 3.05) is 33.9 Å². The second-order valence-electron chi connectivity index (χ2n) is 8.44. The predicted octanol–water partition coefficient (Wildman–Crippen LogP) is 2.86. The van der Waals surface area contributed by atoms with Crippen LogP contribution in [0.15, 0.2) is 23.8 Å². The average Bonchev–Trinajstić information content (AvgIpc) is 3.13. The molecule has 2 aliphatic carbocycles. The van der Waals surface area contributed by atoms with Crippen molar-refractivity contribution in [1.29, 1.82) is 0 Å². The van der Waals surface area contributed by atoms with Gasteiger partial charge in [0.05, 0.1) is 25.4 Å². The molecule has 0 spiro atoms. The quantitative estimate of drug-likeness (QED) is 0.370. The highest BCUT2D eigenvalue weighted by molar-refractivity contribution is 5.18. The van der Waals surface area contributed by atoms with Crippen LogP contribution < -0.4 is 0 Å². The van der Waals surface area contributed by atoms with Crippen LogP contribution in [0.5, 0.6) is 0 Å². The minimum absolute atomic E-state index is 0.112. The van der Waals surface area contributed by atoms with Crippen molar-refractivity contribution in [3.05, 3.63) is 23.8 Å². The first-order valence-electron chi connectivity index (χ1n) is 10.3. The molecule has 2 saturated carbocycles. The molecule has 0 aliphatic heterocycles. The van der Waals surface area contributed by atoms with Crippen LogP contribution in [-0.2, 0) is 4.74 Å². The van der Waals surface area contributed by atoms with Gasteiger partial charge in [0, 0.05) is 18.9 Å². The Labute approximate surface area is 165 Å². The Morgan fingerprint density at radius 2 is 2.11 bits per heavy atom. The van der Waals surface area contributed by atoms with Gasteiger partial charge < -0.3 is 19.8 Å². The number of hydrogen-bond donors (Lipinski definition) is 2. The van der Waals surface area contributed by atoms with E-state index in [4.69, 9.17) is 4.74 Å². The first-order chi connectivity index (χ1) is 12.9. The maximum Gasteiger partial charge on any atom is 0.0755 e. The maximum atomic E-state index is 10.5. The number of ether oxygens (including phenoxy) is 1. The molecular weight excluding hydrogens is 338 g/mol. The normalized spacial score (nSPS) is 31.3. The number of rotatable bonds is 9. The van der Waals surface area contributed by atoms with E-state index in [9.17, 15) is 10.2 Å². The van der Waals surface area contributed by atoms with Crippen molar-refractivity contribution in [2.24, 2.45) is 23.7 Å². The minimum Gasteiger partial charge on any atom is -0.392 e. The Kier molecular flexibility index (Phi) is 9.05. The Hall–Kier alpha value is -1.12. The summed E-state index contributed by atoms with van der Waals surface area (Å²) in [6, 6.07) is 0. The lowest BCUT2D eigenvalue weighted by Crippen LogP contribution is -2.19. The molecule has 152 valence electrons. The number of fused-ring (bicyclic) bond motifs is 1. The average molecular weight is 376 g/mol. The highest BCUT2D eigenvalue weighted by Gasteiger charge is 2.44. The third kappa shape index (κ3) is 6.76. The second-order valence-corrected chi connectivity index (χ2v) is 8.44. The Bertz CT molecular complexity index is 572. The monoisotopic (exact) mass is 375 g/mol. The number of allylic oxidation sites excluding steroid dienone is 1. The van der Waals surface area contributed by atoms with E-state index in [-0.39, 0.29) is 17.9 Å². The zero-order valence-corrected chi connectivity index (χ0v) is 17.4. The van der Waals surface area contributed by atoms with Crippen molar-refractivity contribution in [3.8, 4) is 11.8 Å². The van der Waals surface area contributed by atoms with Gasteiger partial charge in [0.15, 0.2) is 0 Å². The van der Waals surface area contributed by atoms with Crippen LogP contribution in [0.1, 0.15) is 39.5 Å². The zero-order chi connectivity index (χ0) is 19.8. The summed E-state index contributed by atoms with van der Waals surface area (Å²) >= 11 is 0. The van der Waals surface area contributed by atoms with E-state index in [0.29, 0.717) is 24.9 Å². The smallest absolute Gasteiger partial charge is 0.0755 e. The summed E-state index contributed by atoms with van der Waals surface area (Å²) in [5.41, 5.74) is 1.47. The van der Waals surface area contributed by atoms with E-state index in [1.165, 1.54) is 5.57 Å². The van der Waals surface area contributed by atoms with Gasteiger partial charge in [0.1, 0.15) is 0 Å². The van der Waals surface area contributed by atoms with E-state index >= 15 is 0 Å². The molecule has 0 bridgehead atoms. The molecule has 27 heavy (non-hydrogen) atoms. The fourth-order valence-electron chi connectivity index (χ4n) is 4.26. The van der Waals surface area contributed by atoms with Gasteiger partial charge in [0.2, 0.25) is 0 Å². The van der Waals surface area contributed by atoms with Crippen molar-refractivity contribution < 1.29 is 14.9 Å². The molecule has 0 saturated heterocycles. The van der Waals surface area contributed by atoms with Crippen LogP contribution in [0.2, 0.25) is 0 Å². The van der Waals surface area contributed by atoms with Gasteiger partial charge in [0.25, 0.3) is 0 Å². The van der Waals surface area contributed by atoms with E-state index in [1.807, 2.05) is 34.0 Å². The van der Waals surface area contributed by atoms with Crippen molar-refractivity contribution >= 4 is 0 Å². The highest BCUT2D eigenvalue weighted by atomic mass is 16.5.